The summed E-state index contributed by atoms with van der Waals surface area (Å²) in [5.41, 5.74) is 1.46. The van der Waals surface area contributed by atoms with Gasteiger partial charge in [0.05, 0.1) is 18.3 Å². The van der Waals surface area contributed by atoms with Gasteiger partial charge in [0.1, 0.15) is 5.82 Å². The maximum absolute atomic E-state index is 14.6. The molecule has 1 fully saturated rings. The maximum Gasteiger partial charge on any atom is 0.193 e. The van der Waals surface area contributed by atoms with Crippen LogP contribution in [0.2, 0.25) is 0 Å². The molecule has 0 aliphatic carbocycles. The number of anilines is 1. The van der Waals surface area contributed by atoms with Gasteiger partial charge in [0.15, 0.2) is 5.96 Å². The molecular formula is C21H34FIN4O. The lowest BCUT2D eigenvalue weighted by Crippen LogP contribution is -2.39. The van der Waals surface area contributed by atoms with Crippen molar-refractivity contribution < 1.29 is 9.50 Å². The third-order valence-electron chi connectivity index (χ3n) is 4.83. The van der Waals surface area contributed by atoms with Crippen LogP contribution >= 0.6 is 24.0 Å². The maximum atomic E-state index is 14.6. The summed E-state index contributed by atoms with van der Waals surface area (Å²) in [6.45, 7) is 9.29. The lowest BCUT2D eigenvalue weighted by molar-refractivity contribution is 0.145. The first-order valence-electron chi connectivity index (χ1n) is 9.87. The summed E-state index contributed by atoms with van der Waals surface area (Å²) in [6, 6.07) is 5.35. The molecule has 0 aromatic heterocycles. The highest BCUT2D eigenvalue weighted by atomic mass is 127. The van der Waals surface area contributed by atoms with Gasteiger partial charge in [0.25, 0.3) is 0 Å². The number of aliphatic imine (C=N–C) groups is 1. The molecule has 1 aromatic carbocycles. The Balaban J connectivity index is 0.00000392. The number of nitrogens with zero attached hydrogens (tertiary/aromatic N) is 3. The number of nitrogens with one attached hydrogen (secondary N) is 1. The molecule has 0 atom stereocenters. The molecule has 2 rings (SSSR count). The first-order valence-corrected chi connectivity index (χ1v) is 9.87. The van der Waals surface area contributed by atoms with Crippen molar-refractivity contribution in [3.63, 3.8) is 0 Å². The summed E-state index contributed by atoms with van der Waals surface area (Å²) in [5.74, 6) is 0.611. The Bertz CT molecular complexity index is 633. The van der Waals surface area contributed by atoms with Crippen molar-refractivity contribution in [2.24, 2.45) is 4.99 Å². The predicted octanol–water partition coefficient (Wildman–Crippen LogP) is 3.77. The van der Waals surface area contributed by atoms with Gasteiger partial charge in [0, 0.05) is 33.2 Å². The summed E-state index contributed by atoms with van der Waals surface area (Å²) in [4.78, 5) is 8.75. The molecule has 7 heteroatoms. The van der Waals surface area contributed by atoms with Gasteiger partial charge in [-0.1, -0.05) is 12.1 Å². The van der Waals surface area contributed by atoms with Crippen LogP contribution in [0.5, 0.6) is 0 Å². The third kappa shape index (κ3) is 7.58. The van der Waals surface area contributed by atoms with E-state index in [0.29, 0.717) is 38.2 Å². The number of hydrogen-bond acceptors (Lipinski definition) is 3. The van der Waals surface area contributed by atoms with Gasteiger partial charge in [-0.2, -0.15) is 0 Å². The first kappa shape index (κ1) is 24.7. The lowest BCUT2D eigenvalue weighted by Gasteiger charge is -2.31. The summed E-state index contributed by atoms with van der Waals surface area (Å²) in [6.07, 6.45) is 5.05. The van der Waals surface area contributed by atoms with E-state index >= 15 is 0 Å². The van der Waals surface area contributed by atoms with Crippen LogP contribution in [-0.2, 0) is 6.54 Å². The second-order valence-electron chi connectivity index (χ2n) is 7.03. The van der Waals surface area contributed by atoms with Crippen molar-refractivity contribution in [3.05, 3.63) is 42.2 Å². The molecule has 0 unspecified atom stereocenters. The Morgan fingerprint density at radius 1 is 1.43 bits per heavy atom. The molecule has 0 bridgehead atoms. The van der Waals surface area contributed by atoms with Gasteiger partial charge in [-0.3, -0.25) is 0 Å². The summed E-state index contributed by atoms with van der Waals surface area (Å²) < 4.78 is 14.6. The highest BCUT2D eigenvalue weighted by molar-refractivity contribution is 14.0. The molecule has 158 valence electrons. The molecule has 5 nitrogen and oxygen atoms in total. The predicted molar refractivity (Wildman–Crippen MR) is 126 cm³/mol. The van der Waals surface area contributed by atoms with Crippen molar-refractivity contribution in [1.82, 2.24) is 10.2 Å². The van der Waals surface area contributed by atoms with E-state index < -0.39 is 0 Å². The molecule has 1 aliphatic heterocycles. The Morgan fingerprint density at radius 3 is 2.75 bits per heavy atom. The number of allylic oxidation sites excluding steroid dienone is 1. The minimum absolute atomic E-state index is 0. The van der Waals surface area contributed by atoms with Crippen LogP contribution in [-0.4, -0.2) is 55.3 Å². The number of aliphatic hydroxyl groups excluding tert-OH is 1. The fraction of sp³-hybridized carbons (Fsp3) is 0.571. The Kier molecular flexibility index (Phi) is 11.4. The van der Waals surface area contributed by atoms with E-state index in [1.807, 2.05) is 37.1 Å². The normalized spacial score (nSPS) is 15.1. The van der Waals surface area contributed by atoms with Crippen LogP contribution in [0.15, 0.2) is 35.8 Å². The van der Waals surface area contributed by atoms with E-state index in [0.717, 1.165) is 37.5 Å². The molecule has 0 radical (unpaired) electrons. The second-order valence-corrected chi connectivity index (χ2v) is 7.03. The number of guanidine groups is 1. The summed E-state index contributed by atoms with van der Waals surface area (Å²) >= 11 is 0. The average Bonchev–Trinajstić information content (AvgIpc) is 2.66. The number of rotatable bonds is 8. The van der Waals surface area contributed by atoms with E-state index in [1.165, 1.54) is 0 Å². The molecular weight excluding hydrogens is 470 g/mol. The van der Waals surface area contributed by atoms with Crippen LogP contribution in [0.1, 0.15) is 38.2 Å². The van der Waals surface area contributed by atoms with Gasteiger partial charge in [-0.25, -0.2) is 9.38 Å². The van der Waals surface area contributed by atoms with Crippen LogP contribution in [0.25, 0.3) is 0 Å². The molecule has 0 saturated carbocycles. The van der Waals surface area contributed by atoms with E-state index in [1.54, 1.807) is 6.07 Å². The standard InChI is InChI=1S/C21H33FN4O.HI/c1-4-6-7-12-25(3)21(23-5-2)24-16-17-8-9-20(19(22)15-17)26-13-10-18(27)11-14-26;/h4,8-9,15,18,27H,1,5-7,10-14,16H2,2-3H3,(H,23,24);1H. The van der Waals surface area contributed by atoms with Crippen LogP contribution < -0.4 is 10.2 Å². The zero-order chi connectivity index (χ0) is 19.6. The van der Waals surface area contributed by atoms with Gasteiger partial charge < -0.3 is 20.2 Å². The molecule has 1 heterocycles. The van der Waals surface area contributed by atoms with Crippen molar-refractivity contribution in [1.29, 1.82) is 0 Å². The summed E-state index contributed by atoms with van der Waals surface area (Å²) in [7, 11) is 2.01. The number of hydrogen-bond donors (Lipinski definition) is 2. The zero-order valence-corrected chi connectivity index (χ0v) is 19.4. The Hall–Kier alpha value is -1.35. The van der Waals surface area contributed by atoms with Crippen molar-refractivity contribution >= 4 is 35.6 Å². The second kappa shape index (κ2) is 13.0. The third-order valence-corrected chi connectivity index (χ3v) is 4.83. The number of aliphatic hydroxyl groups is 1. The molecule has 1 aliphatic rings. The van der Waals surface area contributed by atoms with Gasteiger partial charge in [-0.15, -0.1) is 30.6 Å². The SMILES string of the molecule is C=CCCCN(C)C(=NCc1ccc(N2CCC(O)CC2)c(F)c1)NCC.I. The molecule has 0 amide bonds. The van der Waals surface area contributed by atoms with Crippen molar-refractivity contribution in [2.75, 3.05) is 38.1 Å². The first-order chi connectivity index (χ1) is 13.0. The Labute approximate surface area is 185 Å². The van der Waals surface area contributed by atoms with E-state index in [2.05, 4.69) is 21.8 Å². The zero-order valence-electron chi connectivity index (χ0n) is 17.0. The van der Waals surface area contributed by atoms with E-state index in [4.69, 9.17) is 0 Å². The monoisotopic (exact) mass is 504 g/mol. The Morgan fingerprint density at radius 2 is 2.14 bits per heavy atom. The highest BCUT2D eigenvalue weighted by Crippen LogP contribution is 2.24. The van der Waals surface area contributed by atoms with Gasteiger partial charge in [-0.05, 0) is 50.3 Å². The molecule has 1 aromatic rings. The minimum Gasteiger partial charge on any atom is -0.393 e. The lowest BCUT2D eigenvalue weighted by atomic mass is 10.1. The van der Waals surface area contributed by atoms with Crippen LogP contribution in [0.4, 0.5) is 10.1 Å². The van der Waals surface area contributed by atoms with E-state index in [9.17, 15) is 9.50 Å². The molecule has 2 N–H and O–H groups in total. The summed E-state index contributed by atoms with van der Waals surface area (Å²) in [5, 5.41) is 12.9. The highest BCUT2D eigenvalue weighted by Gasteiger charge is 2.19. The number of halogens is 2. The molecule has 28 heavy (non-hydrogen) atoms. The average molecular weight is 504 g/mol. The van der Waals surface area contributed by atoms with E-state index in [-0.39, 0.29) is 35.9 Å². The van der Waals surface area contributed by atoms with Crippen LogP contribution in [0, 0.1) is 5.82 Å². The van der Waals surface area contributed by atoms with Crippen molar-refractivity contribution in [2.45, 2.75) is 45.3 Å². The fourth-order valence-electron chi connectivity index (χ4n) is 3.23. The number of piperidine rings is 1. The fourth-order valence-corrected chi connectivity index (χ4v) is 3.23. The largest absolute Gasteiger partial charge is 0.393 e. The van der Waals surface area contributed by atoms with Gasteiger partial charge >= 0.3 is 0 Å². The molecule has 0 spiro atoms. The molecule has 1 saturated heterocycles. The number of benzene rings is 1. The number of unbranched alkanes of at least 4 members (excludes halogenated alkanes) is 1. The smallest absolute Gasteiger partial charge is 0.193 e. The minimum atomic E-state index is -0.258. The quantitative estimate of drug-likeness (QED) is 0.186. The topological polar surface area (TPSA) is 51.1 Å². The van der Waals surface area contributed by atoms with Gasteiger partial charge in [0.2, 0.25) is 0 Å². The van der Waals surface area contributed by atoms with Crippen molar-refractivity contribution in [3.8, 4) is 0 Å². The van der Waals surface area contributed by atoms with Crippen LogP contribution in [0.3, 0.4) is 0 Å².